The topological polar surface area (TPSA) is 76.4 Å². The largest absolute Gasteiger partial charge is 0.387 e. The zero-order valence-corrected chi connectivity index (χ0v) is 12.6. The van der Waals surface area contributed by atoms with Crippen molar-refractivity contribution in [3.63, 3.8) is 0 Å². The SMILES string of the molecule is N#Cc1ccc(C(O)CN2CCC(=O)Nc3ccccc32)cc1. The maximum absolute atomic E-state index is 11.8. The van der Waals surface area contributed by atoms with Crippen molar-refractivity contribution in [2.75, 3.05) is 23.3 Å². The first-order valence-electron chi connectivity index (χ1n) is 7.49. The maximum atomic E-state index is 11.8. The molecule has 5 heteroatoms. The van der Waals surface area contributed by atoms with E-state index in [1.807, 2.05) is 29.2 Å². The molecule has 1 aliphatic heterocycles. The molecule has 1 aliphatic rings. The Bertz CT molecular complexity index is 750. The van der Waals surface area contributed by atoms with Gasteiger partial charge >= 0.3 is 0 Å². The third kappa shape index (κ3) is 3.33. The molecule has 116 valence electrons. The van der Waals surface area contributed by atoms with Crippen LogP contribution in [0.25, 0.3) is 0 Å². The normalized spacial score (nSPS) is 15.1. The van der Waals surface area contributed by atoms with E-state index in [0.717, 1.165) is 16.9 Å². The Hall–Kier alpha value is -2.84. The van der Waals surface area contributed by atoms with Gasteiger partial charge < -0.3 is 15.3 Å². The minimum atomic E-state index is -0.691. The lowest BCUT2D eigenvalue weighted by Gasteiger charge is -2.26. The van der Waals surface area contributed by atoms with Crippen LogP contribution in [0.5, 0.6) is 0 Å². The molecule has 2 aromatic carbocycles. The van der Waals surface area contributed by atoms with E-state index < -0.39 is 6.10 Å². The second-order valence-corrected chi connectivity index (χ2v) is 5.51. The van der Waals surface area contributed by atoms with Crippen molar-refractivity contribution in [3.05, 3.63) is 59.7 Å². The number of para-hydroxylation sites is 2. The number of amides is 1. The smallest absolute Gasteiger partial charge is 0.226 e. The molecular weight excluding hydrogens is 290 g/mol. The van der Waals surface area contributed by atoms with E-state index in [2.05, 4.69) is 11.4 Å². The van der Waals surface area contributed by atoms with Gasteiger partial charge in [-0.2, -0.15) is 5.26 Å². The maximum Gasteiger partial charge on any atom is 0.226 e. The average Bonchev–Trinajstić information content (AvgIpc) is 2.74. The van der Waals surface area contributed by atoms with Crippen molar-refractivity contribution >= 4 is 17.3 Å². The molecule has 0 aromatic heterocycles. The Labute approximate surface area is 134 Å². The first-order valence-corrected chi connectivity index (χ1v) is 7.49. The Morgan fingerprint density at radius 2 is 1.96 bits per heavy atom. The fraction of sp³-hybridized carbons (Fsp3) is 0.222. The molecule has 0 fully saturated rings. The third-order valence-corrected chi connectivity index (χ3v) is 3.95. The predicted octanol–water partition coefficient (Wildman–Crippen LogP) is 2.44. The van der Waals surface area contributed by atoms with Crippen LogP contribution in [0.2, 0.25) is 0 Å². The fourth-order valence-corrected chi connectivity index (χ4v) is 2.71. The number of carbonyl (C=O) groups is 1. The van der Waals surface area contributed by atoms with Crippen LogP contribution in [0.4, 0.5) is 11.4 Å². The summed E-state index contributed by atoms with van der Waals surface area (Å²) in [5, 5.41) is 22.2. The van der Waals surface area contributed by atoms with E-state index in [-0.39, 0.29) is 5.91 Å². The van der Waals surface area contributed by atoms with E-state index in [9.17, 15) is 9.90 Å². The van der Waals surface area contributed by atoms with Crippen LogP contribution in [-0.4, -0.2) is 24.1 Å². The number of β-amino-alcohol motifs (C(OH)–C–C–N with tert-alkyl or cyclic N) is 1. The number of aliphatic hydroxyl groups is 1. The quantitative estimate of drug-likeness (QED) is 0.913. The van der Waals surface area contributed by atoms with Crippen LogP contribution in [0, 0.1) is 11.3 Å². The number of fused-ring (bicyclic) bond motifs is 1. The summed E-state index contributed by atoms with van der Waals surface area (Å²) in [6.45, 7) is 0.939. The predicted molar refractivity (Wildman–Crippen MR) is 88.0 cm³/mol. The lowest BCUT2D eigenvalue weighted by molar-refractivity contribution is -0.116. The van der Waals surface area contributed by atoms with Crippen LogP contribution in [-0.2, 0) is 4.79 Å². The number of nitrogens with one attached hydrogen (secondary N) is 1. The summed E-state index contributed by atoms with van der Waals surface area (Å²) in [6.07, 6.45) is -0.307. The van der Waals surface area contributed by atoms with E-state index in [1.165, 1.54) is 0 Å². The number of anilines is 2. The standard InChI is InChI=1S/C18H17N3O2/c19-11-13-5-7-14(8-6-13)17(22)12-21-10-9-18(23)20-15-3-1-2-4-16(15)21/h1-8,17,22H,9-10,12H2,(H,20,23). The van der Waals surface area contributed by atoms with Gasteiger partial charge in [0.15, 0.2) is 0 Å². The molecular formula is C18H17N3O2. The molecule has 2 aromatic rings. The van der Waals surface area contributed by atoms with Crippen LogP contribution < -0.4 is 10.2 Å². The van der Waals surface area contributed by atoms with Gasteiger partial charge in [0.1, 0.15) is 0 Å². The van der Waals surface area contributed by atoms with Crippen molar-refractivity contribution in [3.8, 4) is 6.07 Å². The van der Waals surface area contributed by atoms with Gasteiger partial charge in [0.2, 0.25) is 5.91 Å². The van der Waals surface area contributed by atoms with Crippen LogP contribution in [0.15, 0.2) is 48.5 Å². The van der Waals surface area contributed by atoms with Gasteiger partial charge in [-0.05, 0) is 29.8 Å². The Balaban J connectivity index is 1.81. The molecule has 1 amide bonds. The van der Waals surface area contributed by atoms with E-state index in [1.54, 1.807) is 24.3 Å². The van der Waals surface area contributed by atoms with Gasteiger partial charge in [-0.1, -0.05) is 24.3 Å². The molecule has 0 aliphatic carbocycles. The summed E-state index contributed by atoms with van der Waals surface area (Å²) in [4.78, 5) is 13.8. The molecule has 0 saturated carbocycles. The lowest BCUT2D eigenvalue weighted by atomic mass is 10.1. The van der Waals surface area contributed by atoms with Crippen molar-refractivity contribution < 1.29 is 9.90 Å². The van der Waals surface area contributed by atoms with E-state index in [4.69, 9.17) is 5.26 Å². The zero-order valence-electron chi connectivity index (χ0n) is 12.6. The number of hydrogen-bond donors (Lipinski definition) is 2. The molecule has 2 N–H and O–H groups in total. The summed E-state index contributed by atoms with van der Waals surface area (Å²) in [6, 6.07) is 16.6. The summed E-state index contributed by atoms with van der Waals surface area (Å²) < 4.78 is 0. The van der Waals surface area contributed by atoms with Crippen LogP contribution in [0.3, 0.4) is 0 Å². The number of nitriles is 1. The molecule has 0 radical (unpaired) electrons. The number of benzene rings is 2. The third-order valence-electron chi connectivity index (χ3n) is 3.95. The number of carbonyl (C=O) groups excluding carboxylic acids is 1. The minimum Gasteiger partial charge on any atom is -0.387 e. The molecule has 23 heavy (non-hydrogen) atoms. The van der Waals surface area contributed by atoms with Gasteiger partial charge in [0.05, 0.1) is 29.1 Å². The molecule has 0 saturated heterocycles. The van der Waals surface area contributed by atoms with Gasteiger partial charge in [-0.15, -0.1) is 0 Å². The monoisotopic (exact) mass is 307 g/mol. The van der Waals surface area contributed by atoms with E-state index in [0.29, 0.717) is 25.1 Å². The van der Waals surface area contributed by atoms with Crippen molar-refractivity contribution in [2.45, 2.75) is 12.5 Å². The summed E-state index contributed by atoms with van der Waals surface area (Å²) in [5.74, 6) is -0.0205. The summed E-state index contributed by atoms with van der Waals surface area (Å²) in [5.41, 5.74) is 2.99. The first kappa shape index (κ1) is 15.1. The van der Waals surface area contributed by atoms with Crippen LogP contribution in [0.1, 0.15) is 23.7 Å². The summed E-state index contributed by atoms with van der Waals surface area (Å²) in [7, 11) is 0. The van der Waals surface area contributed by atoms with Gasteiger partial charge in [-0.25, -0.2) is 0 Å². The molecule has 0 spiro atoms. The van der Waals surface area contributed by atoms with Crippen molar-refractivity contribution in [1.29, 1.82) is 5.26 Å². The van der Waals surface area contributed by atoms with Gasteiger partial charge in [-0.3, -0.25) is 4.79 Å². The van der Waals surface area contributed by atoms with Crippen molar-refractivity contribution in [2.24, 2.45) is 0 Å². The summed E-state index contributed by atoms with van der Waals surface area (Å²) >= 11 is 0. The van der Waals surface area contributed by atoms with Gasteiger partial charge in [0.25, 0.3) is 0 Å². The molecule has 5 nitrogen and oxygen atoms in total. The van der Waals surface area contributed by atoms with Gasteiger partial charge in [0, 0.05) is 19.5 Å². The highest BCUT2D eigenvalue weighted by atomic mass is 16.3. The average molecular weight is 307 g/mol. The zero-order chi connectivity index (χ0) is 16.2. The highest BCUT2D eigenvalue weighted by Gasteiger charge is 2.21. The molecule has 1 unspecified atom stereocenters. The van der Waals surface area contributed by atoms with E-state index >= 15 is 0 Å². The lowest BCUT2D eigenvalue weighted by Crippen LogP contribution is -2.29. The van der Waals surface area contributed by atoms with Crippen molar-refractivity contribution in [1.82, 2.24) is 0 Å². The second-order valence-electron chi connectivity index (χ2n) is 5.51. The fourth-order valence-electron chi connectivity index (χ4n) is 2.71. The molecule has 1 atom stereocenters. The minimum absolute atomic E-state index is 0.0205. The second kappa shape index (κ2) is 6.51. The Kier molecular flexibility index (Phi) is 4.26. The Morgan fingerprint density at radius 1 is 1.22 bits per heavy atom. The highest BCUT2D eigenvalue weighted by Crippen LogP contribution is 2.30. The first-order chi connectivity index (χ1) is 11.2. The Morgan fingerprint density at radius 3 is 2.70 bits per heavy atom. The molecule has 1 heterocycles. The number of rotatable bonds is 3. The highest BCUT2D eigenvalue weighted by molar-refractivity contribution is 5.96. The molecule has 0 bridgehead atoms. The number of aliphatic hydroxyl groups excluding tert-OH is 1. The van der Waals surface area contributed by atoms with Crippen LogP contribution >= 0.6 is 0 Å². The number of hydrogen-bond acceptors (Lipinski definition) is 4. The molecule has 3 rings (SSSR count). The number of nitrogens with zero attached hydrogens (tertiary/aromatic N) is 2.